The number of benzene rings is 1. The van der Waals surface area contributed by atoms with Crippen molar-refractivity contribution in [3.05, 3.63) is 34.9 Å². The van der Waals surface area contributed by atoms with Gasteiger partial charge in [0.2, 0.25) is 0 Å². The lowest BCUT2D eigenvalue weighted by Gasteiger charge is -2.21. The molecule has 88 valence electrons. The molecule has 1 rings (SSSR count). The van der Waals surface area contributed by atoms with E-state index in [4.69, 9.17) is 16.7 Å². The van der Waals surface area contributed by atoms with Crippen molar-refractivity contribution in [2.75, 3.05) is 19.7 Å². The molecule has 1 aromatic rings. The van der Waals surface area contributed by atoms with Gasteiger partial charge in [0.15, 0.2) is 0 Å². The summed E-state index contributed by atoms with van der Waals surface area (Å²) in [6.45, 7) is 3.01. The topological polar surface area (TPSA) is 40.5 Å². The molecule has 0 radical (unpaired) electrons. The molecule has 3 nitrogen and oxygen atoms in total. The lowest BCUT2D eigenvalue weighted by Crippen LogP contribution is -2.34. The minimum absolute atomic E-state index is 0.0146. The van der Waals surface area contributed by atoms with Crippen LogP contribution >= 0.6 is 11.6 Å². The first kappa shape index (κ1) is 13.0. The second-order valence-corrected chi connectivity index (χ2v) is 3.96. The average Bonchev–Trinajstić information content (AvgIpc) is 2.29. The highest BCUT2D eigenvalue weighted by Gasteiger charge is 2.13. The summed E-state index contributed by atoms with van der Waals surface area (Å²) >= 11 is 5.75. The van der Waals surface area contributed by atoms with Crippen LogP contribution in [0.3, 0.4) is 0 Å². The Kier molecular flexibility index (Phi) is 5.29. The first-order valence-electron chi connectivity index (χ1n) is 5.34. The van der Waals surface area contributed by atoms with E-state index in [1.54, 1.807) is 29.2 Å². The van der Waals surface area contributed by atoms with E-state index in [1.165, 1.54) is 0 Å². The van der Waals surface area contributed by atoms with Crippen LogP contribution in [0.4, 0.5) is 0 Å². The number of amides is 1. The zero-order valence-corrected chi connectivity index (χ0v) is 10.1. The predicted octanol–water partition coefficient (Wildman–Crippen LogP) is 2.18. The molecule has 0 bridgehead atoms. The fourth-order valence-corrected chi connectivity index (χ4v) is 1.61. The average molecular weight is 242 g/mol. The van der Waals surface area contributed by atoms with Crippen LogP contribution in [0.2, 0.25) is 5.02 Å². The van der Waals surface area contributed by atoms with Gasteiger partial charge in [-0.25, -0.2) is 0 Å². The standard InChI is InChI=1S/C12H16ClNO2/c1-2-7-14(8-9-15)12(16)10-3-5-11(13)6-4-10/h3-6,15H,2,7-9H2,1H3. The van der Waals surface area contributed by atoms with Crippen LogP contribution < -0.4 is 0 Å². The van der Waals surface area contributed by atoms with E-state index < -0.39 is 0 Å². The van der Waals surface area contributed by atoms with Crippen LogP contribution in [0, 0.1) is 0 Å². The Morgan fingerprint density at radius 3 is 2.44 bits per heavy atom. The third-order valence-electron chi connectivity index (χ3n) is 2.24. The Labute approximate surface area is 101 Å². The third kappa shape index (κ3) is 3.51. The van der Waals surface area contributed by atoms with Crippen molar-refractivity contribution >= 4 is 17.5 Å². The van der Waals surface area contributed by atoms with E-state index in [9.17, 15) is 4.79 Å². The maximum Gasteiger partial charge on any atom is 0.253 e. The summed E-state index contributed by atoms with van der Waals surface area (Å²) in [6, 6.07) is 6.78. The zero-order chi connectivity index (χ0) is 12.0. The highest BCUT2D eigenvalue weighted by molar-refractivity contribution is 6.30. The fraction of sp³-hybridized carbons (Fsp3) is 0.417. The molecule has 0 fully saturated rings. The molecule has 1 amide bonds. The van der Waals surface area contributed by atoms with Gasteiger partial charge in [-0.15, -0.1) is 0 Å². The number of nitrogens with zero attached hydrogens (tertiary/aromatic N) is 1. The summed E-state index contributed by atoms with van der Waals surface area (Å²) in [5, 5.41) is 9.50. The molecule has 16 heavy (non-hydrogen) atoms. The van der Waals surface area contributed by atoms with Crippen molar-refractivity contribution in [2.45, 2.75) is 13.3 Å². The van der Waals surface area contributed by atoms with E-state index in [1.807, 2.05) is 6.92 Å². The van der Waals surface area contributed by atoms with Gasteiger partial charge < -0.3 is 10.0 Å². The Morgan fingerprint density at radius 1 is 1.31 bits per heavy atom. The van der Waals surface area contributed by atoms with Crippen LogP contribution in [-0.2, 0) is 0 Å². The molecule has 0 spiro atoms. The second kappa shape index (κ2) is 6.51. The predicted molar refractivity (Wildman–Crippen MR) is 64.7 cm³/mol. The van der Waals surface area contributed by atoms with Crippen molar-refractivity contribution in [1.29, 1.82) is 0 Å². The van der Waals surface area contributed by atoms with E-state index in [2.05, 4.69) is 0 Å². The van der Waals surface area contributed by atoms with Gasteiger partial charge in [-0.2, -0.15) is 0 Å². The second-order valence-electron chi connectivity index (χ2n) is 3.52. The van der Waals surface area contributed by atoms with Gasteiger partial charge in [-0.05, 0) is 30.7 Å². The van der Waals surface area contributed by atoms with Crippen molar-refractivity contribution in [3.8, 4) is 0 Å². The Bertz CT molecular complexity index is 331. The van der Waals surface area contributed by atoms with Gasteiger partial charge >= 0.3 is 0 Å². The fourth-order valence-electron chi connectivity index (χ4n) is 1.48. The first-order chi connectivity index (χ1) is 7.69. The van der Waals surface area contributed by atoms with Crippen LogP contribution in [0.5, 0.6) is 0 Å². The Morgan fingerprint density at radius 2 is 1.94 bits per heavy atom. The summed E-state index contributed by atoms with van der Waals surface area (Å²) in [5.41, 5.74) is 0.603. The van der Waals surface area contributed by atoms with Crippen molar-refractivity contribution < 1.29 is 9.90 Å². The van der Waals surface area contributed by atoms with Gasteiger partial charge in [0.05, 0.1) is 6.61 Å². The highest BCUT2D eigenvalue weighted by atomic mass is 35.5. The van der Waals surface area contributed by atoms with E-state index >= 15 is 0 Å². The molecule has 0 aliphatic heterocycles. The molecule has 0 aromatic heterocycles. The molecule has 0 saturated heterocycles. The monoisotopic (exact) mass is 241 g/mol. The molecule has 1 N–H and O–H groups in total. The molecule has 0 aliphatic carbocycles. The molecular formula is C12H16ClNO2. The van der Waals surface area contributed by atoms with Crippen molar-refractivity contribution in [1.82, 2.24) is 4.90 Å². The van der Waals surface area contributed by atoms with Crippen LogP contribution in [0.15, 0.2) is 24.3 Å². The molecule has 4 heteroatoms. The summed E-state index contributed by atoms with van der Waals surface area (Å²) in [7, 11) is 0. The van der Waals surface area contributed by atoms with Crippen LogP contribution in [0.25, 0.3) is 0 Å². The maximum atomic E-state index is 12.0. The molecule has 0 unspecified atom stereocenters. The van der Waals surface area contributed by atoms with E-state index in [0.717, 1.165) is 6.42 Å². The molecule has 0 saturated carbocycles. The number of halogens is 1. The van der Waals surface area contributed by atoms with E-state index in [0.29, 0.717) is 23.7 Å². The van der Waals surface area contributed by atoms with Gasteiger partial charge in [0.1, 0.15) is 0 Å². The highest BCUT2D eigenvalue weighted by Crippen LogP contribution is 2.11. The number of carbonyl (C=O) groups is 1. The number of hydrogen-bond acceptors (Lipinski definition) is 2. The smallest absolute Gasteiger partial charge is 0.253 e. The summed E-state index contributed by atoms with van der Waals surface area (Å²) in [6.07, 6.45) is 0.874. The Balaban J connectivity index is 2.77. The normalized spacial score (nSPS) is 10.2. The number of hydrogen-bond donors (Lipinski definition) is 1. The van der Waals surface area contributed by atoms with Gasteiger partial charge in [0, 0.05) is 23.7 Å². The van der Waals surface area contributed by atoms with Crippen LogP contribution in [-0.4, -0.2) is 35.6 Å². The van der Waals surface area contributed by atoms with Gasteiger partial charge in [-0.1, -0.05) is 18.5 Å². The number of rotatable bonds is 5. The molecule has 0 atom stereocenters. The third-order valence-corrected chi connectivity index (χ3v) is 2.49. The van der Waals surface area contributed by atoms with Crippen LogP contribution in [0.1, 0.15) is 23.7 Å². The minimum Gasteiger partial charge on any atom is -0.395 e. The molecule has 1 aromatic carbocycles. The van der Waals surface area contributed by atoms with Crippen molar-refractivity contribution in [2.24, 2.45) is 0 Å². The van der Waals surface area contributed by atoms with Gasteiger partial charge in [-0.3, -0.25) is 4.79 Å². The summed E-state index contributed by atoms with van der Waals surface area (Å²) in [4.78, 5) is 13.6. The number of carbonyl (C=O) groups excluding carboxylic acids is 1. The lowest BCUT2D eigenvalue weighted by molar-refractivity contribution is 0.0722. The SMILES string of the molecule is CCCN(CCO)C(=O)c1ccc(Cl)cc1. The molecule has 0 aliphatic rings. The largest absolute Gasteiger partial charge is 0.395 e. The van der Waals surface area contributed by atoms with Gasteiger partial charge in [0.25, 0.3) is 5.91 Å². The lowest BCUT2D eigenvalue weighted by atomic mass is 10.2. The first-order valence-corrected chi connectivity index (χ1v) is 5.72. The summed E-state index contributed by atoms with van der Waals surface area (Å²) in [5.74, 6) is -0.0624. The summed E-state index contributed by atoms with van der Waals surface area (Å²) < 4.78 is 0. The quantitative estimate of drug-likeness (QED) is 0.859. The zero-order valence-electron chi connectivity index (χ0n) is 9.32. The number of aliphatic hydroxyl groups is 1. The minimum atomic E-state index is -0.0624. The maximum absolute atomic E-state index is 12.0. The number of aliphatic hydroxyl groups excluding tert-OH is 1. The van der Waals surface area contributed by atoms with E-state index in [-0.39, 0.29) is 12.5 Å². The molecular weight excluding hydrogens is 226 g/mol. The van der Waals surface area contributed by atoms with Crippen molar-refractivity contribution in [3.63, 3.8) is 0 Å². The molecule has 0 heterocycles. The Hall–Kier alpha value is -1.06.